The third kappa shape index (κ3) is 3.42. The number of benzene rings is 2. The maximum Gasteiger partial charge on any atom is 0.323 e. The van der Waals surface area contributed by atoms with Crippen molar-refractivity contribution in [2.24, 2.45) is 16.9 Å². The molecule has 5 rings (SSSR count). The number of carbonyl (C=O) groups excluding carboxylic acids is 1. The van der Waals surface area contributed by atoms with Crippen LogP contribution >= 0.6 is 0 Å². The van der Waals surface area contributed by atoms with Crippen molar-refractivity contribution in [2.45, 2.75) is 32.9 Å². The fourth-order valence-electron chi connectivity index (χ4n) is 5.03. The first-order valence-corrected chi connectivity index (χ1v) is 10.9. The van der Waals surface area contributed by atoms with Gasteiger partial charge in [0.15, 0.2) is 0 Å². The summed E-state index contributed by atoms with van der Waals surface area (Å²) in [7, 11) is 0. The number of carbonyl (C=O) groups is 2. The number of allylic oxidation sites excluding steroid dienone is 2. The predicted molar refractivity (Wildman–Crippen MR) is 123 cm³/mol. The van der Waals surface area contributed by atoms with Gasteiger partial charge in [-0.2, -0.15) is 5.10 Å². The van der Waals surface area contributed by atoms with E-state index < -0.39 is 5.97 Å². The van der Waals surface area contributed by atoms with Crippen molar-refractivity contribution < 1.29 is 14.7 Å². The third-order valence-corrected chi connectivity index (χ3v) is 6.54. The first-order chi connectivity index (χ1) is 15.5. The van der Waals surface area contributed by atoms with Crippen LogP contribution in [0.25, 0.3) is 10.9 Å². The van der Waals surface area contributed by atoms with E-state index in [0.717, 1.165) is 39.9 Å². The Labute approximate surface area is 186 Å². The molecule has 1 aliphatic heterocycles. The minimum Gasteiger partial charge on any atom is -0.480 e. The second-order valence-corrected chi connectivity index (χ2v) is 8.48. The van der Waals surface area contributed by atoms with Crippen LogP contribution in [0.2, 0.25) is 0 Å². The molecule has 1 amide bonds. The van der Waals surface area contributed by atoms with Crippen LogP contribution < -0.4 is 0 Å². The lowest BCUT2D eigenvalue weighted by Crippen LogP contribution is -2.45. The van der Waals surface area contributed by atoms with Gasteiger partial charge in [0.25, 0.3) is 0 Å². The van der Waals surface area contributed by atoms with Gasteiger partial charge in [0, 0.05) is 28.1 Å². The van der Waals surface area contributed by atoms with E-state index in [0.29, 0.717) is 13.0 Å². The molecule has 1 aromatic heterocycles. The first kappa shape index (κ1) is 20.2. The van der Waals surface area contributed by atoms with E-state index in [4.69, 9.17) is 5.10 Å². The molecule has 0 radical (unpaired) electrons. The number of hydrogen-bond acceptors (Lipinski definition) is 3. The van der Waals surface area contributed by atoms with Crippen molar-refractivity contribution >= 4 is 28.5 Å². The summed E-state index contributed by atoms with van der Waals surface area (Å²) in [5, 5.41) is 17.0. The zero-order chi connectivity index (χ0) is 22.2. The second kappa shape index (κ2) is 8.11. The molecule has 2 atom stereocenters. The van der Waals surface area contributed by atoms with Crippen LogP contribution in [0.1, 0.15) is 29.7 Å². The van der Waals surface area contributed by atoms with Crippen LogP contribution in [0.5, 0.6) is 0 Å². The van der Waals surface area contributed by atoms with Gasteiger partial charge < -0.3 is 9.67 Å². The average Bonchev–Trinajstić information content (AvgIpc) is 3.07. The van der Waals surface area contributed by atoms with E-state index in [1.165, 1.54) is 0 Å². The number of aliphatic carboxylic acids is 1. The highest BCUT2D eigenvalue weighted by Gasteiger charge is 2.41. The van der Waals surface area contributed by atoms with E-state index in [1.54, 1.807) is 5.01 Å². The molecule has 3 aromatic rings. The quantitative estimate of drug-likeness (QED) is 0.615. The van der Waals surface area contributed by atoms with Crippen molar-refractivity contribution in [3.05, 3.63) is 83.6 Å². The van der Waals surface area contributed by atoms with Gasteiger partial charge in [-0.1, -0.05) is 60.7 Å². The highest BCUT2D eigenvalue weighted by atomic mass is 16.4. The lowest BCUT2D eigenvalue weighted by atomic mass is 9.76. The molecule has 1 N–H and O–H groups in total. The fraction of sp³-hybridized carbons (Fsp3) is 0.269. The molecule has 2 heterocycles. The molecule has 0 bridgehead atoms. The van der Waals surface area contributed by atoms with Gasteiger partial charge in [-0.05, 0) is 31.4 Å². The summed E-state index contributed by atoms with van der Waals surface area (Å²) in [5.74, 6) is -0.997. The summed E-state index contributed by atoms with van der Waals surface area (Å²) in [6, 6.07) is 17.7. The Hall–Kier alpha value is -3.67. The highest BCUT2D eigenvalue weighted by Crippen LogP contribution is 2.38. The number of aromatic nitrogens is 1. The van der Waals surface area contributed by atoms with Crippen LogP contribution in [0, 0.1) is 18.8 Å². The van der Waals surface area contributed by atoms with Crippen molar-refractivity contribution in [2.75, 3.05) is 0 Å². The molecule has 6 nitrogen and oxygen atoms in total. The number of fused-ring (bicyclic) bond motifs is 2. The van der Waals surface area contributed by atoms with Gasteiger partial charge in [-0.15, -0.1) is 0 Å². The maximum absolute atomic E-state index is 13.3. The predicted octanol–water partition coefficient (Wildman–Crippen LogP) is 4.36. The highest BCUT2D eigenvalue weighted by molar-refractivity contribution is 6.15. The molecule has 2 aliphatic rings. The molecule has 0 spiro atoms. The largest absolute Gasteiger partial charge is 0.480 e. The molecular weight excluding hydrogens is 402 g/mol. The first-order valence-electron chi connectivity index (χ1n) is 10.9. The Kier molecular flexibility index (Phi) is 5.13. The van der Waals surface area contributed by atoms with Crippen molar-refractivity contribution in [1.29, 1.82) is 0 Å². The molecule has 2 unspecified atom stereocenters. The number of carboxylic acid groups (broad SMARTS) is 1. The summed E-state index contributed by atoms with van der Waals surface area (Å²) in [6.07, 6.45) is 5.67. The number of amides is 1. The third-order valence-electron chi connectivity index (χ3n) is 6.54. The molecule has 0 saturated heterocycles. The van der Waals surface area contributed by atoms with Crippen molar-refractivity contribution in [1.82, 2.24) is 9.58 Å². The molecule has 0 fully saturated rings. The summed E-state index contributed by atoms with van der Waals surface area (Å²) in [5.41, 5.74) is 4.61. The van der Waals surface area contributed by atoms with Crippen molar-refractivity contribution in [3.63, 3.8) is 0 Å². The minimum absolute atomic E-state index is 0.0118. The number of nitrogens with zero attached hydrogens (tertiary/aromatic N) is 3. The van der Waals surface area contributed by atoms with Crippen LogP contribution in [0.4, 0.5) is 0 Å². The number of para-hydroxylation sites is 1. The standard InChI is InChI=1S/C26H25N3O3/c1-17-24(21-13-7-8-14-22(21)28(17)16-23(30)31)25-19-11-5-6-12-20(19)26(32)29(27-25)15-18-9-3-2-4-10-18/h2-10,13-14,19-20H,11-12,15-16H2,1H3,(H,30,31). The van der Waals surface area contributed by atoms with Gasteiger partial charge >= 0.3 is 5.97 Å². The zero-order valence-corrected chi connectivity index (χ0v) is 17.9. The SMILES string of the molecule is Cc1c(C2=NN(Cc3ccccc3)C(=O)C3CC=CCC23)c2ccccc2n1CC(=O)O. The molecule has 162 valence electrons. The molecule has 2 aromatic carbocycles. The minimum atomic E-state index is -0.884. The lowest BCUT2D eigenvalue weighted by molar-refractivity contribution is -0.139. The Bertz CT molecular complexity index is 1260. The van der Waals surface area contributed by atoms with Crippen molar-refractivity contribution in [3.8, 4) is 0 Å². The smallest absolute Gasteiger partial charge is 0.323 e. The number of carboxylic acids is 1. The Morgan fingerprint density at radius 3 is 2.47 bits per heavy atom. The Morgan fingerprint density at radius 2 is 1.72 bits per heavy atom. The second-order valence-electron chi connectivity index (χ2n) is 8.48. The molecule has 1 aliphatic carbocycles. The summed E-state index contributed by atoms with van der Waals surface area (Å²) >= 11 is 0. The van der Waals surface area contributed by atoms with Gasteiger partial charge in [-0.25, -0.2) is 5.01 Å². The molecule has 32 heavy (non-hydrogen) atoms. The number of hydrazone groups is 1. The van der Waals surface area contributed by atoms with Gasteiger partial charge in [-0.3, -0.25) is 9.59 Å². The monoisotopic (exact) mass is 427 g/mol. The fourth-order valence-corrected chi connectivity index (χ4v) is 5.03. The topological polar surface area (TPSA) is 74.9 Å². The summed E-state index contributed by atoms with van der Waals surface area (Å²) in [4.78, 5) is 24.9. The summed E-state index contributed by atoms with van der Waals surface area (Å²) in [6.45, 7) is 2.26. The normalized spacial score (nSPS) is 20.3. The number of hydrogen-bond donors (Lipinski definition) is 1. The average molecular weight is 428 g/mol. The van der Waals surface area contributed by atoms with Gasteiger partial charge in [0.1, 0.15) is 6.54 Å². The van der Waals surface area contributed by atoms with Gasteiger partial charge in [0.2, 0.25) is 5.91 Å². The van der Waals surface area contributed by atoms with E-state index in [1.807, 2.05) is 66.1 Å². The molecular formula is C26H25N3O3. The molecule has 6 heteroatoms. The summed E-state index contributed by atoms with van der Waals surface area (Å²) < 4.78 is 1.83. The Morgan fingerprint density at radius 1 is 1.03 bits per heavy atom. The maximum atomic E-state index is 13.3. The molecule has 0 saturated carbocycles. The van der Waals surface area contributed by atoms with Crippen LogP contribution in [-0.4, -0.2) is 32.3 Å². The Balaban J connectivity index is 1.68. The van der Waals surface area contributed by atoms with Gasteiger partial charge in [0.05, 0.1) is 18.2 Å². The lowest BCUT2D eigenvalue weighted by Gasteiger charge is -2.37. The van der Waals surface area contributed by atoms with E-state index in [-0.39, 0.29) is 24.3 Å². The number of rotatable bonds is 5. The van der Waals surface area contributed by atoms with Crippen LogP contribution in [-0.2, 0) is 22.7 Å². The van der Waals surface area contributed by atoms with Crippen LogP contribution in [0.3, 0.4) is 0 Å². The van der Waals surface area contributed by atoms with E-state index >= 15 is 0 Å². The zero-order valence-electron chi connectivity index (χ0n) is 17.9. The van der Waals surface area contributed by atoms with E-state index in [2.05, 4.69) is 12.2 Å². The van der Waals surface area contributed by atoms with Crippen LogP contribution in [0.15, 0.2) is 71.9 Å². The van der Waals surface area contributed by atoms with E-state index in [9.17, 15) is 14.7 Å².